The third-order valence-electron chi connectivity index (χ3n) is 3.81. The monoisotopic (exact) mass is 269 g/mol. The molecule has 3 rings (SSSR count). The fourth-order valence-electron chi connectivity index (χ4n) is 2.59. The van der Waals surface area contributed by atoms with Gasteiger partial charge in [-0.25, -0.2) is 0 Å². The highest BCUT2D eigenvalue weighted by Gasteiger charge is 2.27. The molecule has 1 aliphatic rings. The first-order valence-corrected chi connectivity index (χ1v) is 6.84. The molecule has 2 N–H and O–H groups in total. The van der Waals surface area contributed by atoms with E-state index in [0.717, 1.165) is 23.5 Å². The summed E-state index contributed by atoms with van der Waals surface area (Å²) >= 11 is 0. The van der Waals surface area contributed by atoms with Crippen molar-refractivity contribution < 1.29 is 9.47 Å². The number of benzene rings is 2. The predicted octanol–water partition coefficient (Wildman–Crippen LogP) is 3.53. The second kappa shape index (κ2) is 5.17. The summed E-state index contributed by atoms with van der Waals surface area (Å²) in [7, 11) is 1.65. The second-order valence-corrected chi connectivity index (χ2v) is 5.26. The van der Waals surface area contributed by atoms with Crippen molar-refractivity contribution in [2.45, 2.75) is 25.5 Å². The Morgan fingerprint density at radius 2 is 1.90 bits per heavy atom. The summed E-state index contributed by atoms with van der Waals surface area (Å²) in [6, 6.07) is 14.2. The Morgan fingerprint density at radius 3 is 2.60 bits per heavy atom. The van der Waals surface area contributed by atoms with E-state index in [9.17, 15) is 0 Å². The number of rotatable bonds is 2. The largest absolute Gasteiger partial charge is 0.497 e. The zero-order valence-electron chi connectivity index (χ0n) is 11.8. The minimum Gasteiger partial charge on any atom is -0.497 e. The number of methoxy groups -OCH3 is 1. The molecule has 20 heavy (non-hydrogen) atoms. The van der Waals surface area contributed by atoms with Gasteiger partial charge in [-0.2, -0.15) is 0 Å². The normalized spacial score (nSPS) is 20.9. The van der Waals surface area contributed by atoms with E-state index < -0.39 is 0 Å². The highest BCUT2D eigenvalue weighted by Crippen LogP contribution is 2.41. The summed E-state index contributed by atoms with van der Waals surface area (Å²) in [5.41, 5.74) is 9.74. The van der Waals surface area contributed by atoms with Crippen LogP contribution in [0.5, 0.6) is 11.5 Å². The Morgan fingerprint density at radius 1 is 1.15 bits per heavy atom. The highest BCUT2D eigenvalue weighted by molar-refractivity contribution is 5.44. The van der Waals surface area contributed by atoms with Gasteiger partial charge in [-0.1, -0.05) is 35.9 Å². The summed E-state index contributed by atoms with van der Waals surface area (Å²) in [4.78, 5) is 0. The van der Waals surface area contributed by atoms with E-state index in [4.69, 9.17) is 15.2 Å². The van der Waals surface area contributed by atoms with Crippen LogP contribution in [0.1, 0.15) is 35.3 Å². The van der Waals surface area contributed by atoms with E-state index in [0.29, 0.717) is 0 Å². The molecule has 0 radical (unpaired) electrons. The topological polar surface area (TPSA) is 44.5 Å². The molecule has 1 aliphatic heterocycles. The summed E-state index contributed by atoms with van der Waals surface area (Å²) < 4.78 is 11.4. The minimum absolute atomic E-state index is 0.00374. The quantitative estimate of drug-likeness (QED) is 0.907. The van der Waals surface area contributed by atoms with E-state index in [1.54, 1.807) is 7.11 Å². The molecule has 0 saturated carbocycles. The van der Waals surface area contributed by atoms with Crippen LogP contribution in [0.3, 0.4) is 0 Å². The molecule has 0 saturated heterocycles. The number of nitrogens with two attached hydrogens (primary N) is 1. The van der Waals surface area contributed by atoms with Gasteiger partial charge in [0.1, 0.15) is 17.6 Å². The Kier molecular flexibility index (Phi) is 3.36. The highest BCUT2D eigenvalue weighted by atomic mass is 16.5. The fraction of sp³-hybridized carbons (Fsp3) is 0.294. The number of ether oxygens (including phenoxy) is 2. The molecule has 0 bridgehead atoms. The van der Waals surface area contributed by atoms with E-state index in [1.807, 2.05) is 18.2 Å². The molecule has 0 fully saturated rings. The molecular weight excluding hydrogens is 250 g/mol. The van der Waals surface area contributed by atoms with Crippen molar-refractivity contribution in [3.05, 3.63) is 59.2 Å². The number of aryl methyl sites for hydroxylation is 1. The molecule has 2 unspecified atom stereocenters. The lowest BCUT2D eigenvalue weighted by Gasteiger charge is -2.30. The van der Waals surface area contributed by atoms with Crippen molar-refractivity contribution in [3.63, 3.8) is 0 Å². The van der Waals surface area contributed by atoms with Crippen molar-refractivity contribution in [1.29, 1.82) is 0 Å². The van der Waals surface area contributed by atoms with Crippen LogP contribution >= 0.6 is 0 Å². The molecule has 0 aromatic heterocycles. The van der Waals surface area contributed by atoms with Gasteiger partial charge in [0.2, 0.25) is 0 Å². The average Bonchev–Trinajstić information content (AvgIpc) is 2.47. The minimum atomic E-state index is -0.00374. The summed E-state index contributed by atoms with van der Waals surface area (Å²) in [5.74, 6) is 1.62. The van der Waals surface area contributed by atoms with Gasteiger partial charge in [0.05, 0.1) is 7.11 Å². The maximum Gasteiger partial charge on any atom is 0.128 e. The number of hydrogen-bond donors (Lipinski definition) is 1. The van der Waals surface area contributed by atoms with E-state index in [2.05, 4.69) is 31.2 Å². The molecule has 0 spiro atoms. The first-order valence-electron chi connectivity index (χ1n) is 6.84. The van der Waals surface area contributed by atoms with Crippen molar-refractivity contribution in [3.8, 4) is 11.5 Å². The van der Waals surface area contributed by atoms with Crippen molar-refractivity contribution in [2.24, 2.45) is 5.73 Å². The van der Waals surface area contributed by atoms with Crippen LogP contribution in [-0.4, -0.2) is 7.11 Å². The summed E-state index contributed by atoms with van der Waals surface area (Å²) in [5, 5.41) is 0. The van der Waals surface area contributed by atoms with Crippen molar-refractivity contribution in [1.82, 2.24) is 0 Å². The first-order chi connectivity index (χ1) is 9.67. The van der Waals surface area contributed by atoms with Gasteiger partial charge in [0.15, 0.2) is 0 Å². The third kappa shape index (κ3) is 2.37. The predicted molar refractivity (Wildman–Crippen MR) is 79.1 cm³/mol. The molecule has 1 heterocycles. The fourth-order valence-corrected chi connectivity index (χ4v) is 2.59. The van der Waals surface area contributed by atoms with Crippen LogP contribution in [0.15, 0.2) is 42.5 Å². The zero-order valence-corrected chi connectivity index (χ0v) is 11.8. The van der Waals surface area contributed by atoms with E-state index in [-0.39, 0.29) is 12.1 Å². The molecule has 0 amide bonds. The molecule has 2 aromatic carbocycles. The first kappa shape index (κ1) is 13.0. The molecule has 3 heteroatoms. The Balaban J connectivity index is 1.92. The Labute approximate surface area is 119 Å². The molecule has 0 aliphatic carbocycles. The van der Waals surface area contributed by atoms with Crippen LogP contribution in [0.2, 0.25) is 0 Å². The van der Waals surface area contributed by atoms with Crippen LogP contribution in [-0.2, 0) is 0 Å². The van der Waals surface area contributed by atoms with Gasteiger partial charge in [-0.3, -0.25) is 0 Å². The van der Waals surface area contributed by atoms with Gasteiger partial charge < -0.3 is 15.2 Å². The standard InChI is InChI=1S/C17H19NO2/c1-11-3-5-12(6-4-11)16-10-15(18)14-8-7-13(19-2)9-17(14)20-16/h3-9,15-16H,10,18H2,1-2H3. The second-order valence-electron chi connectivity index (χ2n) is 5.26. The Bertz CT molecular complexity index is 607. The smallest absolute Gasteiger partial charge is 0.128 e. The van der Waals surface area contributed by atoms with E-state index >= 15 is 0 Å². The molecule has 2 atom stereocenters. The van der Waals surface area contributed by atoms with Gasteiger partial charge >= 0.3 is 0 Å². The molecule has 3 nitrogen and oxygen atoms in total. The lowest BCUT2D eigenvalue weighted by molar-refractivity contribution is 0.161. The van der Waals surface area contributed by atoms with Crippen LogP contribution in [0, 0.1) is 6.92 Å². The maximum absolute atomic E-state index is 6.27. The van der Waals surface area contributed by atoms with Gasteiger partial charge in [0, 0.05) is 24.1 Å². The summed E-state index contributed by atoms with van der Waals surface area (Å²) in [6.07, 6.45) is 0.799. The average molecular weight is 269 g/mol. The molecular formula is C17H19NO2. The van der Waals surface area contributed by atoms with Crippen molar-refractivity contribution >= 4 is 0 Å². The zero-order chi connectivity index (χ0) is 14.1. The van der Waals surface area contributed by atoms with Gasteiger partial charge in [0.25, 0.3) is 0 Å². The Hall–Kier alpha value is -2.00. The van der Waals surface area contributed by atoms with Crippen LogP contribution in [0.4, 0.5) is 0 Å². The third-order valence-corrected chi connectivity index (χ3v) is 3.81. The number of fused-ring (bicyclic) bond motifs is 1. The molecule has 2 aromatic rings. The van der Waals surface area contributed by atoms with Gasteiger partial charge in [-0.15, -0.1) is 0 Å². The van der Waals surface area contributed by atoms with Crippen molar-refractivity contribution in [2.75, 3.05) is 7.11 Å². The van der Waals surface area contributed by atoms with E-state index in [1.165, 1.54) is 11.1 Å². The lowest BCUT2D eigenvalue weighted by atomic mass is 9.93. The number of hydrogen-bond acceptors (Lipinski definition) is 3. The van der Waals surface area contributed by atoms with Crippen LogP contribution in [0.25, 0.3) is 0 Å². The lowest BCUT2D eigenvalue weighted by Crippen LogP contribution is -2.24. The summed E-state index contributed by atoms with van der Waals surface area (Å²) in [6.45, 7) is 2.08. The SMILES string of the molecule is COc1ccc2c(c1)OC(c1ccc(C)cc1)CC2N. The maximum atomic E-state index is 6.27. The van der Waals surface area contributed by atoms with Crippen LogP contribution < -0.4 is 15.2 Å². The molecule has 104 valence electrons. The van der Waals surface area contributed by atoms with Gasteiger partial charge in [-0.05, 0) is 18.6 Å².